The van der Waals surface area contributed by atoms with Crippen LogP contribution in [0.1, 0.15) is 12.0 Å². The van der Waals surface area contributed by atoms with E-state index in [2.05, 4.69) is 24.3 Å². The van der Waals surface area contributed by atoms with Crippen LogP contribution in [0.3, 0.4) is 0 Å². The molecule has 28 heavy (non-hydrogen) atoms. The van der Waals surface area contributed by atoms with Crippen LogP contribution in [0.15, 0.2) is 54.6 Å². The number of piperazine rings is 1. The van der Waals surface area contributed by atoms with Gasteiger partial charge in [-0.2, -0.15) is 0 Å². The van der Waals surface area contributed by atoms with Gasteiger partial charge >= 0.3 is 0 Å². The summed E-state index contributed by atoms with van der Waals surface area (Å²) in [5.41, 5.74) is 2.14. The average molecular weight is 399 g/mol. The molecule has 2 aliphatic rings. The van der Waals surface area contributed by atoms with Gasteiger partial charge in [0.1, 0.15) is 6.54 Å². The Hall–Kier alpha value is -2.37. The van der Waals surface area contributed by atoms with Crippen molar-refractivity contribution in [3.8, 4) is 0 Å². The zero-order valence-electron chi connectivity index (χ0n) is 15.8. The van der Waals surface area contributed by atoms with Crippen LogP contribution in [0.4, 0.5) is 5.69 Å². The first-order chi connectivity index (χ1) is 13.6. The molecule has 2 aliphatic heterocycles. The van der Waals surface area contributed by atoms with Crippen molar-refractivity contribution in [1.82, 2.24) is 4.90 Å². The number of benzene rings is 2. The molecule has 2 aromatic carbocycles. The molecule has 1 N–H and O–H groups in total. The molecule has 2 saturated heterocycles. The lowest BCUT2D eigenvalue weighted by Crippen LogP contribution is -3.13. The van der Waals surface area contributed by atoms with Crippen molar-refractivity contribution < 1.29 is 14.5 Å². The van der Waals surface area contributed by atoms with Crippen molar-refractivity contribution in [3.05, 3.63) is 65.2 Å². The van der Waals surface area contributed by atoms with E-state index in [4.69, 9.17) is 11.6 Å². The minimum Gasteiger partial charge on any atom is -0.331 e. The molecule has 0 aliphatic carbocycles. The number of carbonyl (C=O) groups is 2. The Balaban J connectivity index is 1.32. The first kappa shape index (κ1) is 19.0. The number of nitrogens with one attached hydrogen (secondary N) is 1. The second-order valence-corrected chi connectivity index (χ2v) is 8.06. The first-order valence-corrected chi connectivity index (χ1v) is 10.2. The molecule has 5 nitrogen and oxygen atoms in total. The molecule has 0 unspecified atom stereocenters. The number of quaternary nitrogens is 1. The van der Waals surface area contributed by atoms with Gasteiger partial charge in [0.15, 0.2) is 0 Å². The Kier molecular flexibility index (Phi) is 5.64. The Morgan fingerprint density at radius 1 is 1.04 bits per heavy atom. The smallest absolute Gasteiger partial charge is 0.228 e. The van der Waals surface area contributed by atoms with Crippen LogP contribution in [0.5, 0.6) is 0 Å². The van der Waals surface area contributed by atoms with Gasteiger partial charge in [0.25, 0.3) is 0 Å². The van der Waals surface area contributed by atoms with E-state index >= 15 is 0 Å². The molecule has 0 bridgehead atoms. The van der Waals surface area contributed by atoms with Crippen LogP contribution in [-0.4, -0.2) is 49.4 Å². The van der Waals surface area contributed by atoms with Crippen LogP contribution >= 0.6 is 11.6 Å². The molecule has 0 radical (unpaired) electrons. The fraction of sp³-hybridized carbons (Fsp3) is 0.364. The van der Waals surface area contributed by atoms with Gasteiger partial charge in [-0.05, 0) is 24.3 Å². The standard InChI is InChI=1S/C22H24ClN3O2/c23-19-6-8-20(9-7-19)26-16-18(14-21(26)27)22(28)25-12-10-24(11-13-25)15-17-4-2-1-3-5-17/h1-9,18H,10-16H2/p+1/t18-/m1/s1. The van der Waals surface area contributed by atoms with E-state index < -0.39 is 0 Å². The normalized spacial score (nSPS) is 20.6. The predicted molar refractivity (Wildman–Crippen MR) is 109 cm³/mol. The fourth-order valence-electron chi connectivity index (χ4n) is 4.11. The lowest BCUT2D eigenvalue weighted by Gasteiger charge is -2.33. The molecule has 2 amide bonds. The second kappa shape index (κ2) is 8.33. The average Bonchev–Trinajstić information content (AvgIpc) is 3.11. The maximum Gasteiger partial charge on any atom is 0.228 e. The number of halogens is 1. The lowest BCUT2D eigenvalue weighted by molar-refractivity contribution is -0.917. The number of carbonyl (C=O) groups excluding carboxylic acids is 2. The Bertz CT molecular complexity index is 833. The van der Waals surface area contributed by atoms with Gasteiger partial charge in [0.05, 0.1) is 32.1 Å². The third-order valence-electron chi connectivity index (χ3n) is 5.69. The van der Waals surface area contributed by atoms with E-state index in [1.165, 1.54) is 10.5 Å². The minimum absolute atomic E-state index is 0.00834. The summed E-state index contributed by atoms with van der Waals surface area (Å²) in [7, 11) is 0. The number of anilines is 1. The summed E-state index contributed by atoms with van der Waals surface area (Å²) in [5, 5.41) is 0.638. The summed E-state index contributed by atoms with van der Waals surface area (Å²) in [6.07, 6.45) is 0.290. The maximum atomic E-state index is 13.0. The van der Waals surface area contributed by atoms with Gasteiger partial charge in [0, 0.05) is 29.2 Å². The van der Waals surface area contributed by atoms with Crippen molar-refractivity contribution in [2.45, 2.75) is 13.0 Å². The van der Waals surface area contributed by atoms with Gasteiger partial charge < -0.3 is 14.7 Å². The molecule has 2 aromatic rings. The summed E-state index contributed by atoms with van der Waals surface area (Å²) in [6.45, 7) is 4.86. The molecule has 0 aromatic heterocycles. The van der Waals surface area contributed by atoms with Crippen molar-refractivity contribution in [2.24, 2.45) is 5.92 Å². The van der Waals surface area contributed by atoms with Gasteiger partial charge in [-0.15, -0.1) is 0 Å². The number of hydrogen-bond donors (Lipinski definition) is 1. The predicted octanol–water partition coefficient (Wildman–Crippen LogP) is 1.62. The summed E-state index contributed by atoms with van der Waals surface area (Å²) in [4.78, 5) is 30.5. The Morgan fingerprint density at radius 3 is 2.39 bits per heavy atom. The first-order valence-electron chi connectivity index (χ1n) is 9.82. The van der Waals surface area contributed by atoms with E-state index in [1.807, 2.05) is 23.1 Å². The highest BCUT2D eigenvalue weighted by Gasteiger charge is 2.38. The van der Waals surface area contributed by atoms with Crippen LogP contribution < -0.4 is 9.80 Å². The van der Waals surface area contributed by atoms with Crippen molar-refractivity contribution in [3.63, 3.8) is 0 Å². The lowest BCUT2D eigenvalue weighted by atomic mass is 10.1. The maximum absolute atomic E-state index is 13.0. The largest absolute Gasteiger partial charge is 0.331 e. The van der Waals surface area contributed by atoms with Crippen LogP contribution in [0.25, 0.3) is 0 Å². The number of hydrogen-bond acceptors (Lipinski definition) is 2. The fourth-order valence-corrected chi connectivity index (χ4v) is 4.23. The van der Waals surface area contributed by atoms with E-state index in [0.717, 1.165) is 38.4 Å². The molecule has 2 fully saturated rings. The van der Waals surface area contributed by atoms with E-state index in [0.29, 0.717) is 18.0 Å². The number of amides is 2. The topological polar surface area (TPSA) is 45.1 Å². The van der Waals surface area contributed by atoms with Crippen molar-refractivity contribution >= 4 is 29.1 Å². The van der Waals surface area contributed by atoms with Gasteiger partial charge in [-0.25, -0.2) is 0 Å². The van der Waals surface area contributed by atoms with Crippen molar-refractivity contribution in [1.29, 1.82) is 0 Å². The minimum atomic E-state index is -0.251. The van der Waals surface area contributed by atoms with Crippen LogP contribution in [0.2, 0.25) is 5.02 Å². The van der Waals surface area contributed by atoms with E-state index in [1.54, 1.807) is 17.0 Å². The SMILES string of the molecule is O=C([C@@H]1CC(=O)N(c2ccc(Cl)cc2)C1)N1CC[NH+](Cc2ccccc2)CC1. The summed E-state index contributed by atoms with van der Waals surface area (Å²) in [5.74, 6) is -0.128. The van der Waals surface area contributed by atoms with Gasteiger partial charge in [-0.1, -0.05) is 41.9 Å². The second-order valence-electron chi connectivity index (χ2n) is 7.62. The molecule has 0 spiro atoms. The van der Waals surface area contributed by atoms with E-state index in [9.17, 15) is 9.59 Å². The van der Waals surface area contributed by atoms with Crippen molar-refractivity contribution in [2.75, 3.05) is 37.6 Å². The molecule has 2 heterocycles. The zero-order valence-corrected chi connectivity index (χ0v) is 16.6. The Labute approximate surface area is 170 Å². The molecular weight excluding hydrogens is 374 g/mol. The van der Waals surface area contributed by atoms with Crippen LogP contribution in [0, 0.1) is 5.92 Å². The monoisotopic (exact) mass is 398 g/mol. The Morgan fingerprint density at radius 2 is 1.71 bits per heavy atom. The molecule has 146 valence electrons. The molecule has 4 rings (SSSR count). The third-order valence-corrected chi connectivity index (χ3v) is 5.94. The molecule has 6 heteroatoms. The molecular formula is C22H25ClN3O2+. The number of rotatable bonds is 4. The number of nitrogens with zero attached hydrogens (tertiary/aromatic N) is 2. The van der Waals surface area contributed by atoms with E-state index in [-0.39, 0.29) is 17.7 Å². The van der Waals surface area contributed by atoms with Crippen LogP contribution in [-0.2, 0) is 16.1 Å². The summed E-state index contributed by atoms with van der Waals surface area (Å²) in [6, 6.07) is 17.7. The highest BCUT2D eigenvalue weighted by Crippen LogP contribution is 2.27. The summed E-state index contributed by atoms with van der Waals surface area (Å²) >= 11 is 5.93. The molecule has 0 saturated carbocycles. The van der Waals surface area contributed by atoms with Gasteiger partial charge in [-0.3, -0.25) is 9.59 Å². The quantitative estimate of drug-likeness (QED) is 0.850. The van der Waals surface area contributed by atoms with Gasteiger partial charge in [0.2, 0.25) is 11.8 Å². The highest BCUT2D eigenvalue weighted by atomic mass is 35.5. The third kappa shape index (κ3) is 4.21. The molecule has 1 atom stereocenters. The zero-order chi connectivity index (χ0) is 19.5. The summed E-state index contributed by atoms with van der Waals surface area (Å²) < 4.78 is 0. The highest BCUT2D eigenvalue weighted by molar-refractivity contribution is 6.30.